The molecule has 66 valence electrons. The molecule has 0 bridgehead atoms. The molecule has 0 aliphatic carbocycles. The van der Waals surface area contributed by atoms with Crippen molar-refractivity contribution in [3.8, 4) is 5.75 Å². The summed E-state index contributed by atoms with van der Waals surface area (Å²) >= 11 is 5.58. The Morgan fingerprint density at radius 3 is 2.85 bits per heavy atom. The zero-order valence-electron chi connectivity index (χ0n) is 6.86. The minimum absolute atomic E-state index is 0.151. The maximum absolute atomic E-state index is 5.58. The summed E-state index contributed by atoms with van der Waals surface area (Å²) in [7, 11) is 1.60. The molecule has 1 heterocycles. The van der Waals surface area contributed by atoms with Gasteiger partial charge in [-0.25, -0.2) is 4.98 Å². The molecule has 2 rings (SSSR count). The van der Waals surface area contributed by atoms with Crippen molar-refractivity contribution < 1.29 is 4.74 Å². The molecule has 2 aromatic rings. The van der Waals surface area contributed by atoms with Crippen LogP contribution in [0.5, 0.6) is 5.75 Å². The Hall–Kier alpha value is -1.42. The molecule has 0 spiro atoms. The van der Waals surface area contributed by atoms with Gasteiger partial charge in [0.15, 0.2) is 0 Å². The highest BCUT2D eigenvalue weighted by molar-refractivity contribution is 6.28. The average molecular weight is 196 g/mol. The third-order valence-corrected chi connectivity index (χ3v) is 1.80. The smallest absolute Gasteiger partial charge is 0.243 e. The molecule has 0 saturated heterocycles. The fourth-order valence-electron chi connectivity index (χ4n) is 1.02. The quantitative estimate of drug-likeness (QED) is 0.695. The van der Waals surface area contributed by atoms with Crippen LogP contribution in [-0.4, -0.2) is 22.3 Å². The van der Waals surface area contributed by atoms with Crippen molar-refractivity contribution in [2.75, 3.05) is 7.11 Å². The van der Waals surface area contributed by atoms with Gasteiger partial charge in [-0.15, -0.1) is 10.2 Å². The number of aromatic nitrogens is 3. The van der Waals surface area contributed by atoms with Gasteiger partial charge in [0, 0.05) is 6.07 Å². The van der Waals surface area contributed by atoms with Crippen molar-refractivity contribution in [1.29, 1.82) is 0 Å². The minimum Gasteiger partial charge on any atom is -0.497 e. The van der Waals surface area contributed by atoms with Gasteiger partial charge in [-0.3, -0.25) is 0 Å². The zero-order valence-corrected chi connectivity index (χ0v) is 7.62. The largest absolute Gasteiger partial charge is 0.497 e. The Bertz CT molecular complexity index is 446. The fraction of sp³-hybridized carbons (Fsp3) is 0.125. The van der Waals surface area contributed by atoms with Gasteiger partial charge in [-0.2, -0.15) is 0 Å². The molecule has 0 fully saturated rings. The van der Waals surface area contributed by atoms with Crippen molar-refractivity contribution in [3.05, 3.63) is 23.5 Å². The standard InChI is InChI=1S/C8H6ClN3O/c1-13-5-2-3-6-7(4-5)11-12-8(9)10-6/h2-4H,1H3. The molecule has 0 N–H and O–H groups in total. The van der Waals surface area contributed by atoms with E-state index in [1.165, 1.54) is 0 Å². The Kier molecular flexibility index (Phi) is 1.98. The Morgan fingerprint density at radius 2 is 2.08 bits per heavy atom. The van der Waals surface area contributed by atoms with Crippen molar-refractivity contribution in [3.63, 3.8) is 0 Å². The molecule has 0 unspecified atom stereocenters. The number of fused-ring (bicyclic) bond motifs is 1. The van der Waals surface area contributed by atoms with Gasteiger partial charge in [0.1, 0.15) is 11.3 Å². The molecule has 1 aromatic carbocycles. The van der Waals surface area contributed by atoms with E-state index >= 15 is 0 Å². The molecule has 0 aliphatic heterocycles. The lowest BCUT2D eigenvalue weighted by atomic mass is 10.3. The first-order valence-corrected chi connectivity index (χ1v) is 4.01. The van der Waals surface area contributed by atoms with Crippen LogP contribution in [-0.2, 0) is 0 Å². The van der Waals surface area contributed by atoms with Crippen LogP contribution in [0.15, 0.2) is 18.2 Å². The second kappa shape index (κ2) is 3.14. The molecule has 0 radical (unpaired) electrons. The molecule has 5 heteroatoms. The Labute approximate surface area is 79.5 Å². The van der Waals surface area contributed by atoms with Gasteiger partial charge in [-0.1, -0.05) is 0 Å². The first kappa shape index (κ1) is 8.19. The number of ether oxygens (including phenoxy) is 1. The van der Waals surface area contributed by atoms with Gasteiger partial charge in [0.2, 0.25) is 5.28 Å². The predicted molar refractivity (Wildman–Crippen MR) is 48.9 cm³/mol. The Balaban J connectivity index is 2.66. The van der Waals surface area contributed by atoms with E-state index in [1.807, 2.05) is 0 Å². The van der Waals surface area contributed by atoms with E-state index in [2.05, 4.69) is 15.2 Å². The number of nitrogens with zero attached hydrogens (tertiary/aromatic N) is 3. The van der Waals surface area contributed by atoms with E-state index in [9.17, 15) is 0 Å². The second-order valence-electron chi connectivity index (χ2n) is 2.44. The summed E-state index contributed by atoms with van der Waals surface area (Å²) in [4.78, 5) is 3.99. The third-order valence-electron chi connectivity index (χ3n) is 1.64. The van der Waals surface area contributed by atoms with E-state index in [0.29, 0.717) is 11.0 Å². The van der Waals surface area contributed by atoms with E-state index in [-0.39, 0.29) is 5.28 Å². The van der Waals surface area contributed by atoms with Crippen molar-refractivity contribution in [2.45, 2.75) is 0 Å². The first-order chi connectivity index (χ1) is 6.29. The highest BCUT2D eigenvalue weighted by Gasteiger charge is 2.00. The molecule has 13 heavy (non-hydrogen) atoms. The number of rotatable bonds is 1. The molecular weight excluding hydrogens is 190 g/mol. The van der Waals surface area contributed by atoms with Crippen LogP contribution in [0.3, 0.4) is 0 Å². The molecule has 4 nitrogen and oxygen atoms in total. The van der Waals surface area contributed by atoms with Crippen LogP contribution in [0.25, 0.3) is 11.0 Å². The maximum Gasteiger partial charge on any atom is 0.243 e. The van der Waals surface area contributed by atoms with Crippen LogP contribution in [0.2, 0.25) is 5.28 Å². The lowest BCUT2D eigenvalue weighted by molar-refractivity contribution is 0.415. The monoisotopic (exact) mass is 195 g/mol. The third kappa shape index (κ3) is 1.53. The fourth-order valence-corrected chi connectivity index (χ4v) is 1.15. The molecule has 1 aromatic heterocycles. The maximum atomic E-state index is 5.58. The second-order valence-corrected chi connectivity index (χ2v) is 2.77. The number of methoxy groups -OCH3 is 1. The van der Waals surface area contributed by atoms with E-state index in [1.54, 1.807) is 25.3 Å². The number of hydrogen-bond donors (Lipinski definition) is 0. The van der Waals surface area contributed by atoms with E-state index in [0.717, 1.165) is 5.75 Å². The summed E-state index contributed by atoms with van der Waals surface area (Å²) in [6, 6.07) is 5.34. The van der Waals surface area contributed by atoms with Crippen LogP contribution in [0.1, 0.15) is 0 Å². The van der Waals surface area contributed by atoms with Gasteiger partial charge < -0.3 is 4.74 Å². The molecule has 0 amide bonds. The van der Waals surface area contributed by atoms with Crippen molar-refractivity contribution in [1.82, 2.24) is 15.2 Å². The van der Waals surface area contributed by atoms with Crippen LogP contribution < -0.4 is 4.74 Å². The molecule has 0 atom stereocenters. The number of hydrogen-bond acceptors (Lipinski definition) is 4. The first-order valence-electron chi connectivity index (χ1n) is 3.63. The summed E-state index contributed by atoms with van der Waals surface area (Å²) < 4.78 is 5.02. The summed E-state index contributed by atoms with van der Waals surface area (Å²) in [5, 5.41) is 7.65. The lowest BCUT2D eigenvalue weighted by Gasteiger charge is -1.99. The summed E-state index contributed by atoms with van der Waals surface area (Å²) in [5.41, 5.74) is 1.38. The molecule has 0 saturated carbocycles. The highest BCUT2D eigenvalue weighted by Crippen LogP contribution is 2.17. The SMILES string of the molecule is COc1ccc2nc(Cl)nnc2c1. The molecule has 0 aliphatic rings. The van der Waals surface area contributed by atoms with E-state index < -0.39 is 0 Å². The number of benzene rings is 1. The van der Waals surface area contributed by atoms with Gasteiger partial charge in [-0.05, 0) is 23.7 Å². The molecular formula is C8H6ClN3O. The van der Waals surface area contributed by atoms with E-state index in [4.69, 9.17) is 16.3 Å². The zero-order chi connectivity index (χ0) is 9.26. The van der Waals surface area contributed by atoms with Crippen LogP contribution >= 0.6 is 11.6 Å². The minimum atomic E-state index is 0.151. The summed E-state index contributed by atoms with van der Waals surface area (Å²) in [6.07, 6.45) is 0. The summed E-state index contributed by atoms with van der Waals surface area (Å²) in [6.45, 7) is 0. The normalized spacial score (nSPS) is 10.3. The Morgan fingerprint density at radius 1 is 1.23 bits per heavy atom. The average Bonchev–Trinajstić information content (AvgIpc) is 2.17. The van der Waals surface area contributed by atoms with Crippen molar-refractivity contribution >= 4 is 22.6 Å². The van der Waals surface area contributed by atoms with Gasteiger partial charge >= 0.3 is 0 Å². The van der Waals surface area contributed by atoms with Gasteiger partial charge in [0.05, 0.1) is 12.6 Å². The van der Waals surface area contributed by atoms with Gasteiger partial charge in [0.25, 0.3) is 0 Å². The number of halogens is 1. The summed E-state index contributed by atoms with van der Waals surface area (Å²) in [5.74, 6) is 0.728. The van der Waals surface area contributed by atoms with Crippen LogP contribution in [0, 0.1) is 0 Å². The topological polar surface area (TPSA) is 47.9 Å². The predicted octanol–water partition coefficient (Wildman–Crippen LogP) is 1.69. The van der Waals surface area contributed by atoms with Crippen LogP contribution in [0.4, 0.5) is 0 Å². The highest BCUT2D eigenvalue weighted by atomic mass is 35.5. The van der Waals surface area contributed by atoms with Crippen molar-refractivity contribution in [2.24, 2.45) is 0 Å². The lowest BCUT2D eigenvalue weighted by Crippen LogP contribution is -1.90.